The van der Waals surface area contributed by atoms with Gasteiger partial charge in [-0.15, -0.1) is 0 Å². The number of H-pyrrole nitrogens is 1. The second-order valence-electron chi connectivity index (χ2n) is 5.53. The van der Waals surface area contributed by atoms with E-state index in [9.17, 15) is 4.79 Å². The molecule has 0 aromatic carbocycles. The molecule has 1 aliphatic heterocycles. The molecule has 5 nitrogen and oxygen atoms in total. The number of aromatic amines is 1. The van der Waals surface area contributed by atoms with E-state index < -0.39 is 0 Å². The maximum absolute atomic E-state index is 12.0. The van der Waals surface area contributed by atoms with Crippen LogP contribution in [0.25, 0.3) is 0 Å². The van der Waals surface area contributed by atoms with Crippen LogP contribution in [0.15, 0.2) is 12.3 Å². The zero-order valence-corrected chi connectivity index (χ0v) is 12.4. The van der Waals surface area contributed by atoms with E-state index in [0.717, 1.165) is 50.5 Å². The molecule has 5 heteroatoms. The Kier molecular flexibility index (Phi) is 5.61. The molecule has 2 heterocycles. The fourth-order valence-electron chi connectivity index (χ4n) is 2.75. The van der Waals surface area contributed by atoms with E-state index in [1.165, 1.54) is 6.42 Å². The highest BCUT2D eigenvalue weighted by molar-refractivity contribution is 5.95. The van der Waals surface area contributed by atoms with Gasteiger partial charge in [0.15, 0.2) is 0 Å². The van der Waals surface area contributed by atoms with Gasteiger partial charge < -0.3 is 19.9 Å². The van der Waals surface area contributed by atoms with Crippen LogP contribution in [0.3, 0.4) is 0 Å². The molecule has 1 saturated heterocycles. The second-order valence-corrected chi connectivity index (χ2v) is 5.53. The third kappa shape index (κ3) is 4.08. The van der Waals surface area contributed by atoms with Gasteiger partial charge in [0.25, 0.3) is 5.91 Å². The van der Waals surface area contributed by atoms with Crippen molar-refractivity contribution in [1.29, 1.82) is 0 Å². The summed E-state index contributed by atoms with van der Waals surface area (Å²) in [4.78, 5) is 17.5. The second kappa shape index (κ2) is 7.45. The highest BCUT2D eigenvalue weighted by Gasteiger charge is 2.22. The summed E-state index contributed by atoms with van der Waals surface area (Å²) in [5.74, 6) is 0.599. The summed E-state index contributed by atoms with van der Waals surface area (Å²) in [6.07, 6.45) is 4.05. The van der Waals surface area contributed by atoms with E-state index >= 15 is 0 Å². The molecule has 0 aliphatic carbocycles. The van der Waals surface area contributed by atoms with Crippen LogP contribution in [-0.2, 0) is 4.74 Å². The molecule has 1 aliphatic rings. The van der Waals surface area contributed by atoms with Crippen molar-refractivity contribution >= 4 is 5.91 Å². The summed E-state index contributed by atoms with van der Waals surface area (Å²) < 4.78 is 5.07. The van der Waals surface area contributed by atoms with Crippen LogP contribution in [-0.4, -0.2) is 55.7 Å². The third-order valence-corrected chi connectivity index (χ3v) is 3.94. The summed E-state index contributed by atoms with van der Waals surface area (Å²) in [5.41, 5.74) is 1.68. The zero-order chi connectivity index (χ0) is 14.4. The van der Waals surface area contributed by atoms with Crippen molar-refractivity contribution < 1.29 is 9.53 Å². The van der Waals surface area contributed by atoms with Gasteiger partial charge in [-0.05, 0) is 38.3 Å². The van der Waals surface area contributed by atoms with Crippen molar-refractivity contribution in [2.24, 2.45) is 5.92 Å². The van der Waals surface area contributed by atoms with Gasteiger partial charge in [0.1, 0.15) is 0 Å². The van der Waals surface area contributed by atoms with Crippen molar-refractivity contribution in [3.05, 3.63) is 23.5 Å². The van der Waals surface area contributed by atoms with Gasteiger partial charge >= 0.3 is 0 Å². The number of likely N-dealkylation sites (tertiary alicyclic amines) is 1. The highest BCUT2D eigenvalue weighted by Crippen LogP contribution is 2.15. The number of hydrogen-bond donors (Lipinski definition) is 2. The molecule has 2 rings (SSSR count). The van der Waals surface area contributed by atoms with Crippen molar-refractivity contribution in [1.82, 2.24) is 15.2 Å². The number of aryl methyl sites for hydroxylation is 1. The number of amides is 1. The van der Waals surface area contributed by atoms with Gasteiger partial charge in [-0.3, -0.25) is 4.79 Å². The predicted molar refractivity (Wildman–Crippen MR) is 78.9 cm³/mol. The Morgan fingerprint density at radius 2 is 2.45 bits per heavy atom. The van der Waals surface area contributed by atoms with Crippen molar-refractivity contribution in [3.8, 4) is 0 Å². The largest absolute Gasteiger partial charge is 0.385 e. The Balaban J connectivity index is 1.68. The Hall–Kier alpha value is -1.33. The van der Waals surface area contributed by atoms with Crippen molar-refractivity contribution in [2.75, 3.05) is 39.9 Å². The third-order valence-electron chi connectivity index (χ3n) is 3.94. The van der Waals surface area contributed by atoms with Crippen LogP contribution in [0.1, 0.15) is 28.9 Å². The normalized spacial score (nSPS) is 19.4. The molecular weight excluding hydrogens is 254 g/mol. The smallest absolute Gasteiger partial charge is 0.253 e. The summed E-state index contributed by atoms with van der Waals surface area (Å²) in [6, 6.07) is 1.83. The lowest BCUT2D eigenvalue weighted by molar-refractivity contribution is 0.0947. The minimum Gasteiger partial charge on any atom is -0.385 e. The Labute approximate surface area is 120 Å². The van der Waals surface area contributed by atoms with Gasteiger partial charge in [-0.1, -0.05) is 0 Å². The number of rotatable bonds is 7. The maximum atomic E-state index is 12.0. The van der Waals surface area contributed by atoms with E-state index in [2.05, 4.69) is 15.2 Å². The lowest BCUT2D eigenvalue weighted by Crippen LogP contribution is -2.31. The molecule has 0 spiro atoms. The van der Waals surface area contributed by atoms with Gasteiger partial charge in [0, 0.05) is 45.2 Å². The van der Waals surface area contributed by atoms with E-state index in [0.29, 0.717) is 5.92 Å². The molecule has 0 radical (unpaired) electrons. The summed E-state index contributed by atoms with van der Waals surface area (Å²) in [5, 5.41) is 3.05. The molecule has 1 amide bonds. The van der Waals surface area contributed by atoms with E-state index in [4.69, 9.17) is 4.74 Å². The van der Waals surface area contributed by atoms with Crippen LogP contribution in [0.5, 0.6) is 0 Å². The number of nitrogens with zero attached hydrogens (tertiary/aromatic N) is 1. The molecule has 1 atom stereocenters. The number of ether oxygens (including phenoxy) is 1. The molecule has 1 fully saturated rings. The number of hydrogen-bond acceptors (Lipinski definition) is 3. The molecule has 0 saturated carbocycles. The standard InChI is InChI=1S/C15H25N3O2/c1-12-14(4-6-16-12)15(19)17-10-13-5-8-18(11-13)7-3-9-20-2/h4,6,13,16H,3,5,7-11H2,1-2H3,(H,17,19)/t13-/m0/s1. The quantitative estimate of drug-likeness (QED) is 0.742. The molecule has 1 aromatic heterocycles. The van der Waals surface area contributed by atoms with E-state index in [1.807, 2.05) is 13.0 Å². The Morgan fingerprint density at radius 1 is 1.60 bits per heavy atom. The number of carbonyl (C=O) groups excluding carboxylic acids is 1. The number of carbonyl (C=O) groups is 1. The first-order chi connectivity index (χ1) is 9.70. The fraction of sp³-hybridized carbons (Fsp3) is 0.667. The first-order valence-corrected chi connectivity index (χ1v) is 7.34. The number of aromatic nitrogens is 1. The molecule has 112 valence electrons. The molecular formula is C15H25N3O2. The van der Waals surface area contributed by atoms with Crippen LogP contribution in [0.4, 0.5) is 0 Å². The average Bonchev–Trinajstić information content (AvgIpc) is 3.05. The zero-order valence-electron chi connectivity index (χ0n) is 12.4. The summed E-state index contributed by atoms with van der Waals surface area (Å²) in [7, 11) is 1.74. The predicted octanol–water partition coefficient (Wildman–Crippen LogP) is 1.41. The Morgan fingerprint density at radius 3 is 3.15 bits per heavy atom. The molecule has 0 bridgehead atoms. The maximum Gasteiger partial charge on any atom is 0.253 e. The fourth-order valence-corrected chi connectivity index (χ4v) is 2.75. The first kappa shape index (κ1) is 15.1. The first-order valence-electron chi connectivity index (χ1n) is 7.34. The van der Waals surface area contributed by atoms with Gasteiger partial charge in [-0.25, -0.2) is 0 Å². The molecule has 0 unspecified atom stereocenters. The monoisotopic (exact) mass is 279 g/mol. The highest BCUT2D eigenvalue weighted by atomic mass is 16.5. The lowest BCUT2D eigenvalue weighted by atomic mass is 10.1. The van der Waals surface area contributed by atoms with Gasteiger partial charge in [0.2, 0.25) is 0 Å². The van der Waals surface area contributed by atoms with Crippen LogP contribution < -0.4 is 5.32 Å². The Bertz CT molecular complexity index is 431. The SMILES string of the molecule is COCCCN1CC[C@@H](CNC(=O)c2cc[nH]c2C)C1. The summed E-state index contributed by atoms with van der Waals surface area (Å²) in [6.45, 7) is 6.82. The number of methoxy groups -OCH3 is 1. The van der Waals surface area contributed by atoms with E-state index in [-0.39, 0.29) is 5.91 Å². The van der Waals surface area contributed by atoms with Crippen LogP contribution in [0.2, 0.25) is 0 Å². The molecule has 2 N–H and O–H groups in total. The van der Waals surface area contributed by atoms with Crippen molar-refractivity contribution in [2.45, 2.75) is 19.8 Å². The van der Waals surface area contributed by atoms with E-state index in [1.54, 1.807) is 13.3 Å². The minimum atomic E-state index is 0.0292. The molecule has 20 heavy (non-hydrogen) atoms. The lowest BCUT2D eigenvalue weighted by Gasteiger charge is -2.16. The number of nitrogens with one attached hydrogen (secondary N) is 2. The van der Waals surface area contributed by atoms with Crippen LogP contribution >= 0.6 is 0 Å². The molecule has 1 aromatic rings. The van der Waals surface area contributed by atoms with Crippen LogP contribution in [0, 0.1) is 12.8 Å². The minimum absolute atomic E-state index is 0.0292. The van der Waals surface area contributed by atoms with Crippen molar-refractivity contribution in [3.63, 3.8) is 0 Å². The van der Waals surface area contributed by atoms with Gasteiger partial charge in [0.05, 0.1) is 5.56 Å². The summed E-state index contributed by atoms with van der Waals surface area (Å²) >= 11 is 0. The topological polar surface area (TPSA) is 57.4 Å². The average molecular weight is 279 g/mol. The van der Waals surface area contributed by atoms with Gasteiger partial charge in [-0.2, -0.15) is 0 Å².